The number of hydrogen-bond acceptors (Lipinski definition) is 3. The van der Waals surface area contributed by atoms with Crippen molar-refractivity contribution in [1.29, 1.82) is 0 Å². The van der Waals surface area contributed by atoms with Crippen molar-refractivity contribution in [2.75, 3.05) is 6.61 Å². The van der Waals surface area contributed by atoms with Gasteiger partial charge in [-0.25, -0.2) is 0 Å². The van der Waals surface area contributed by atoms with Gasteiger partial charge in [0.2, 0.25) is 0 Å². The molecule has 0 atom stereocenters. The van der Waals surface area contributed by atoms with Crippen LogP contribution in [0.25, 0.3) is 0 Å². The van der Waals surface area contributed by atoms with Crippen LogP contribution in [0.3, 0.4) is 0 Å². The molecule has 0 aliphatic carbocycles. The Hall–Kier alpha value is -1.64. The largest absolute Gasteiger partial charge is 0.457 e. The van der Waals surface area contributed by atoms with Crippen molar-refractivity contribution < 1.29 is 14.3 Å². The summed E-state index contributed by atoms with van der Waals surface area (Å²) in [5.74, 6) is -0.607. The van der Waals surface area contributed by atoms with Crippen molar-refractivity contribution in [3.8, 4) is 0 Å². The number of hydrogen-bond donors (Lipinski definition) is 0. The summed E-state index contributed by atoms with van der Waals surface area (Å²) in [6, 6.07) is 8.78. The molecule has 1 aromatic rings. The lowest BCUT2D eigenvalue weighted by Crippen LogP contribution is -2.14. The number of unbranched alkanes of at least 4 members (excludes halogenated alkanes) is 1. The molecule has 0 saturated carbocycles. The van der Waals surface area contributed by atoms with E-state index < -0.39 is 5.97 Å². The van der Waals surface area contributed by atoms with Crippen molar-refractivity contribution in [3.05, 3.63) is 42.3 Å². The van der Waals surface area contributed by atoms with Gasteiger partial charge < -0.3 is 4.74 Å². The highest BCUT2D eigenvalue weighted by Crippen LogP contribution is 2.01. The number of benzene rings is 1. The Morgan fingerprint density at radius 1 is 1.25 bits per heavy atom. The van der Waals surface area contributed by atoms with Crippen molar-refractivity contribution in [1.82, 2.24) is 0 Å². The van der Waals surface area contributed by atoms with Crippen molar-refractivity contribution in [2.45, 2.75) is 19.8 Å². The Bertz CT molecular complexity index is 343. The third kappa shape index (κ3) is 4.26. The smallest absolute Gasteiger partial charge is 0.310 e. The molecule has 0 fully saturated rings. The number of ketones is 1. The van der Waals surface area contributed by atoms with Gasteiger partial charge in [0.15, 0.2) is 12.4 Å². The van der Waals surface area contributed by atoms with E-state index in [4.69, 9.17) is 4.74 Å². The van der Waals surface area contributed by atoms with E-state index in [0.29, 0.717) is 12.0 Å². The van der Waals surface area contributed by atoms with Crippen molar-refractivity contribution in [2.24, 2.45) is 0 Å². The van der Waals surface area contributed by atoms with Gasteiger partial charge in [-0.2, -0.15) is 0 Å². The monoisotopic (exact) mass is 219 g/mol. The molecular formula is C13H15O3. The molecule has 0 unspecified atom stereocenters. The Kier molecular flexibility index (Phi) is 5.26. The van der Waals surface area contributed by atoms with E-state index >= 15 is 0 Å². The lowest BCUT2D eigenvalue weighted by atomic mass is 10.1. The molecule has 85 valence electrons. The molecule has 0 amide bonds. The van der Waals surface area contributed by atoms with Gasteiger partial charge in [0.25, 0.3) is 0 Å². The maximum absolute atomic E-state index is 11.5. The van der Waals surface area contributed by atoms with E-state index in [1.807, 2.05) is 13.0 Å². The summed E-state index contributed by atoms with van der Waals surface area (Å²) < 4.78 is 4.82. The molecule has 0 spiro atoms. The molecule has 3 nitrogen and oxygen atoms in total. The fourth-order valence-electron chi connectivity index (χ4n) is 1.17. The molecule has 0 N–H and O–H groups in total. The summed E-state index contributed by atoms with van der Waals surface area (Å²) in [7, 11) is 0. The van der Waals surface area contributed by atoms with Gasteiger partial charge in [0.05, 0.1) is 6.42 Å². The first-order valence-corrected chi connectivity index (χ1v) is 5.32. The third-order valence-electron chi connectivity index (χ3n) is 2.04. The summed E-state index contributed by atoms with van der Waals surface area (Å²) >= 11 is 0. The minimum Gasteiger partial charge on any atom is -0.457 e. The van der Waals surface area contributed by atoms with Crippen LogP contribution in [0.4, 0.5) is 0 Å². The Morgan fingerprint density at radius 2 is 1.94 bits per heavy atom. The highest BCUT2D eigenvalue weighted by atomic mass is 16.5. The van der Waals surface area contributed by atoms with Gasteiger partial charge in [-0.15, -0.1) is 0 Å². The summed E-state index contributed by atoms with van der Waals surface area (Å²) in [6.45, 7) is 1.78. The Morgan fingerprint density at radius 3 is 2.56 bits per heavy atom. The van der Waals surface area contributed by atoms with Crippen LogP contribution >= 0.6 is 0 Å². The SMILES string of the molecule is CCC[CH]C(=O)OCC(=O)c1ccccc1. The first-order chi connectivity index (χ1) is 7.74. The average molecular weight is 219 g/mol. The standard InChI is InChI=1S/C13H15O3/c1-2-3-9-13(15)16-10-12(14)11-7-5-4-6-8-11/h4-9H,2-3,10H2,1H3. The molecule has 0 bridgehead atoms. The Labute approximate surface area is 95.4 Å². The van der Waals surface area contributed by atoms with E-state index in [1.165, 1.54) is 6.42 Å². The van der Waals surface area contributed by atoms with Gasteiger partial charge in [-0.3, -0.25) is 9.59 Å². The number of carbonyl (C=O) groups excluding carboxylic acids is 2. The zero-order valence-corrected chi connectivity index (χ0v) is 9.31. The van der Waals surface area contributed by atoms with Crippen molar-refractivity contribution in [3.63, 3.8) is 0 Å². The maximum atomic E-state index is 11.5. The van der Waals surface area contributed by atoms with E-state index in [9.17, 15) is 9.59 Å². The van der Waals surface area contributed by atoms with Crippen LogP contribution in [0.5, 0.6) is 0 Å². The lowest BCUT2D eigenvalue weighted by molar-refractivity contribution is -0.138. The predicted octanol–water partition coefficient (Wildman–Crippen LogP) is 2.42. The first kappa shape index (κ1) is 12.4. The van der Waals surface area contributed by atoms with Gasteiger partial charge in [0, 0.05) is 5.56 Å². The fraction of sp³-hybridized carbons (Fsp3) is 0.308. The van der Waals surface area contributed by atoms with Crippen LogP contribution in [-0.2, 0) is 9.53 Å². The number of esters is 1. The molecule has 1 radical (unpaired) electrons. The Balaban J connectivity index is 2.33. The van der Waals surface area contributed by atoms with Crippen LogP contribution in [-0.4, -0.2) is 18.4 Å². The summed E-state index contributed by atoms with van der Waals surface area (Å²) in [5, 5.41) is 0. The van der Waals surface area contributed by atoms with Gasteiger partial charge >= 0.3 is 5.97 Å². The van der Waals surface area contributed by atoms with Crippen LogP contribution < -0.4 is 0 Å². The van der Waals surface area contributed by atoms with E-state index in [-0.39, 0.29) is 12.4 Å². The van der Waals surface area contributed by atoms with Gasteiger partial charge in [0.1, 0.15) is 0 Å². The fourth-order valence-corrected chi connectivity index (χ4v) is 1.17. The molecule has 1 aromatic carbocycles. The molecule has 0 aromatic heterocycles. The summed E-state index contributed by atoms with van der Waals surface area (Å²) in [4.78, 5) is 22.6. The number of rotatable bonds is 6. The van der Waals surface area contributed by atoms with Gasteiger partial charge in [-0.05, 0) is 6.42 Å². The molecular weight excluding hydrogens is 204 g/mol. The number of ether oxygens (including phenoxy) is 1. The molecule has 0 saturated heterocycles. The normalized spacial score (nSPS) is 9.81. The van der Waals surface area contributed by atoms with E-state index in [2.05, 4.69) is 0 Å². The van der Waals surface area contributed by atoms with Gasteiger partial charge in [-0.1, -0.05) is 43.7 Å². The molecule has 0 heterocycles. The first-order valence-electron chi connectivity index (χ1n) is 5.32. The average Bonchev–Trinajstić information content (AvgIpc) is 2.34. The second-order valence-electron chi connectivity index (χ2n) is 3.39. The second-order valence-corrected chi connectivity index (χ2v) is 3.39. The van der Waals surface area contributed by atoms with E-state index in [1.54, 1.807) is 24.3 Å². The van der Waals surface area contributed by atoms with Crippen molar-refractivity contribution >= 4 is 11.8 Å². The zero-order valence-electron chi connectivity index (χ0n) is 9.31. The minimum atomic E-state index is -0.425. The van der Waals surface area contributed by atoms with Crippen LogP contribution in [0.2, 0.25) is 0 Å². The zero-order chi connectivity index (χ0) is 11.8. The maximum Gasteiger partial charge on any atom is 0.310 e. The highest BCUT2D eigenvalue weighted by molar-refractivity contribution is 5.98. The lowest BCUT2D eigenvalue weighted by Gasteiger charge is -2.03. The summed E-state index contributed by atoms with van der Waals surface area (Å²) in [6.07, 6.45) is 3.03. The summed E-state index contributed by atoms with van der Waals surface area (Å²) in [5.41, 5.74) is 0.561. The second kappa shape index (κ2) is 6.77. The molecule has 16 heavy (non-hydrogen) atoms. The molecule has 1 rings (SSSR count). The van der Waals surface area contributed by atoms with E-state index in [0.717, 1.165) is 6.42 Å². The quantitative estimate of drug-likeness (QED) is 0.545. The van der Waals surface area contributed by atoms with Crippen LogP contribution in [0, 0.1) is 6.42 Å². The number of carbonyl (C=O) groups is 2. The molecule has 0 aliphatic heterocycles. The predicted molar refractivity (Wildman–Crippen MR) is 60.9 cm³/mol. The topological polar surface area (TPSA) is 43.4 Å². The van der Waals surface area contributed by atoms with Crippen LogP contribution in [0.15, 0.2) is 30.3 Å². The molecule has 0 aliphatic rings. The van der Waals surface area contributed by atoms with Crippen LogP contribution in [0.1, 0.15) is 30.1 Å². The third-order valence-corrected chi connectivity index (χ3v) is 2.04. The minimum absolute atomic E-state index is 0.182. The number of Topliss-reactive ketones (excluding diaryl/α,β-unsaturated/α-hetero) is 1. The highest BCUT2D eigenvalue weighted by Gasteiger charge is 2.08. The molecule has 3 heteroatoms.